The number of ether oxygens (including phenoxy) is 2. The predicted molar refractivity (Wildman–Crippen MR) is 153 cm³/mol. The van der Waals surface area contributed by atoms with Gasteiger partial charge in [-0.2, -0.15) is 14.8 Å². The van der Waals surface area contributed by atoms with Crippen molar-refractivity contribution < 1.29 is 22.7 Å². The number of nitrogens with zero attached hydrogens (tertiary/aromatic N) is 6. The molecule has 2 aromatic heterocycles. The molecule has 0 saturated carbocycles. The lowest BCUT2D eigenvalue weighted by molar-refractivity contribution is 0.0985. The largest absolute Gasteiger partial charge is 0.493 e. The zero-order valence-electron chi connectivity index (χ0n) is 22.4. The minimum absolute atomic E-state index is 0.00948. The summed E-state index contributed by atoms with van der Waals surface area (Å²) in [4.78, 5) is 24.2. The highest BCUT2D eigenvalue weighted by atomic mass is 32.2. The summed E-state index contributed by atoms with van der Waals surface area (Å²) in [6.45, 7) is 0.109. The van der Waals surface area contributed by atoms with Crippen LogP contribution in [0.15, 0.2) is 65.8 Å². The molecule has 11 nitrogen and oxygen atoms in total. The second kappa shape index (κ2) is 13.2. The van der Waals surface area contributed by atoms with Gasteiger partial charge in [-0.3, -0.25) is 14.7 Å². The molecule has 41 heavy (non-hydrogen) atoms. The van der Waals surface area contributed by atoms with E-state index >= 15 is 0 Å². The molecule has 0 spiro atoms. The van der Waals surface area contributed by atoms with Crippen molar-refractivity contribution in [3.05, 3.63) is 72.1 Å². The van der Waals surface area contributed by atoms with Gasteiger partial charge >= 0.3 is 0 Å². The van der Waals surface area contributed by atoms with Crippen LogP contribution < -0.4 is 14.4 Å². The summed E-state index contributed by atoms with van der Waals surface area (Å²) in [7, 11) is -0.901. The lowest BCUT2D eigenvalue weighted by atomic mass is 10.2. The fourth-order valence-corrected chi connectivity index (χ4v) is 6.45. The van der Waals surface area contributed by atoms with Crippen molar-refractivity contribution in [1.29, 1.82) is 10.5 Å². The normalized spacial score (nSPS) is 11.1. The van der Waals surface area contributed by atoms with Crippen LogP contribution in [0.3, 0.4) is 0 Å². The van der Waals surface area contributed by atoms with Gasteiger partial charge in [-0.25, -0.2) is 13.4 Å². The molecule has 0 aliphatic heterocycles. The number of carbonyl (C=O) groups is 1. The average Bonchev–Trinajstić information content (AvgIpc) is 3.42. The standard InChI is InChI=1S/C28H26N6O5S2/c1-38-24-16-23-26(17-25(24)39-2)40-28(32-23)34(19-20-6-3-13-31-18-20)27(35)21-7-9-22(10-8-21)41(36,37)33(14-4-11-29)15-5-12-30/h3,6-10,13,16-18H,4-5,14-15,19H2,1-2H3. The van der Waals surface area contributed by atoms with Gasteiger partial charge in [0.25, 0.3) is 5.91 Å². The highest BCUT2D eigenvalue weighted by Crippen LogP contribution is 2.38. The second-order valence-electron chi connectivity index (χ2n) is 8.67. The van der Waals surface area contributed by atoms with Crippen molar-refractivity contribution in [3.63, 3.8) is 0 Å². The number of sulfonamides is 1. The number of pyridine rings is 1. The molecule has 0 unspecified atom stereocenters. The number of anilines is 1. The molecule has 0 aliphatic rings. The number of aromatic nitrogens is 2. The minimum Gasteiger partial charge on any atom is -0.493 e. The summed E-state index contributed by atoms with van der Waals surface area (Å²) in [5, 5.41) is 18.3. The number of hydrogen-bond acceptors (Lipinski definition) is 10. The number of carbonyl (C=O) groups excluding carboxylic acids is 1. The highest BCUT2D eigenvalue weighted by molar-refractivity contribution is 7.89. The van der Waals surface area contributed by atoms with Crippen molar-refractivity contribution in [2.45, 2.75) is 24.3 Å². The van der Waals surface area contributed by atoms with Crippen LogP contribution in [0.5, 0.6) is 11.5 Å². The van der Waals surface area contributed by atoms with Crippen LogP contribution in [0.4, 0.5) is 5.13 Å². The number of hydrogen-bond donors (Lipinski definition) is 0. The summed E-state index contributed by atoms with van der Waals surface area (Å²) in [6, 6.07) is 16.6. The summed E-state index contributed by atoms with van der Waals surface area (Å²) in [6.07, 6.45) is 3.28. The van der Waals surface area contributed by atoms with Gasteiger partial charge < -0.3 is 9.47 Å². The van der Waals surface area contributed by atoms with Crippen LogP contribution in [0.1, 0.15) is 28.8 Å². The molecular weight excluding hydrogens is 564 g/mol. The van der Waals surface area contributed by atoms with E-state index in [2.05, 4.69) is 9.97 Å². The molecule has 13 heteroatoms. The zero-order chi connectivity index (χ0) is 29.4. The Morgan fingerprint density at radius 3 is 2.24 bits per heavy atom. The Morgan fingerprint density at radius 1 is 1.00 bits per heavy atom. The van der Waals surface area contributed by atoms with Gasteiger partial charge in [-0.1, -0.05) is 17.4 Å². The number of amides is 1. The maximum Gasteiger partial charge on any atom is 0.260 e. The third kappa shape index (κ3) is 6.61. The van der Waals surface area contributed by atoms with Crippen LogP contribution >= 0.6 is 11.3 Å². The summed E-state index contributed by atoms with van der Waals surface area (Å²) in [5.74, 6) is 0.662. The SMILES string of the molecule is COc1cc2nc(N(Cc3cccnc3)C(=O)c3ccc(S(=O)(=O)N(CCC#N)CCC#N)cc3)sc2cc1OC. The molecule has 210 valence electrons. The van der Waals surface area contributed by atoms with E-state index in [1.807, 2.05) is 18.2 Å². The number of nitriles is 2. The quantitative estimate of drug-likeness (QED) is 0.234. The van der Waals surface area contributed by atoms with Crippen molar-refractivity contribution in [3.8, 4) is 23.6 Å². The topological polar surface area (TPSA) is 150 Å². The number of rotatable bonds is 12. The van der Waals surface area contributed by atoms with Crippen LogP contribution in [-0.4, -0.2) is 55.9 Å². The van der Waals surface area contributed by atoms with Crippen molar-refractivity contribution in [1.82, 2.24) is 14.3 Å². The van der Waals surface area contributed by atoms with E-state index < -0.39 is 10.0 Å². The first-order valence-corrected chi connectivity index (χ1v) is 14.7. The van der Waals surface area contributed by atoms with E-state index in [4.69, 9.17) is 20.0 Å². The van der Waals surface area contributed by atoms with Crippen molar-refractivity contribution in [2.75, 3.05) is 32.2 Å². The van der Waals surface area contributed by atoms with Gasteiger partial charge in [-0.05, 0) is 35.9 Å². The first-order valence-electron chi connectivity index (χ1n) is 12.4. The summed E-state index contributed by atoms with van der Waals surface area (Å²) < 4.78 is 39.1. The molecule has 0 aliphatic carbocycles. The Morgan fingerprint density at radius 2 is 1.66 bits per heavy atom. The van der Waals surface area contributed by atoms with E-state index in [0.717, 1.165) is 14.6 Å². The maximum absolute atomic E-state index is 13.8. The molecule has 0 radical (unpaired) electrons. The highest BCUT2D eigenvalue weighted by Gasteiger charge is 2.26. The molecule has 4 aromatic rings. The van der Waals surface area contributed by atoms with Crippen LogP contribution in [-0.2, 0) is 16.6 Å². The van der Waals surface area contributed by atoms with E-state index in [-0.39, 0.29) is 48.8 Å². The van der Waals surface area contributed by atoms with E-state index in [9.17, 15) is 13.2 Å². The summed E-state index contributed by atoms with van der Waals surface area (Å²) >= 11 is 1.31. The first kappa shape index (κ1) is 29.4. The van der Waals surface area contributed by atoms with Gasteiger partial charge in [0, 0.05) is 56.0 Å². The Hall–Kier alpha value is -4.56. The Balaban J connectivity index is 1.69. The molecule has 0 atom stereocenters. The molecule has 0 saturated heterocycles. The fourth-order valence-electron chi connectivity index (χ4n) is 4.03. The van der Waals surface area contributed by atoms with Crippen LogP contribution in [0.2, 0.25) is 0 Å². The zero-order valence-corrected chi connectivity index (χ0v) is 24.0. The van der Waals surface area contributed by atoms with Gasteiger partial charge in [0.2, 0.25) is 10.0 Å². The van der Waals surface area contributed by atoms with Gasteiger partial charge in [0.05, 0.1) is 48.0 Å². The van der Waals surface area contributed by atoms with Crippen molar-refractivity contribution >= 4 is 42.6 Å². The molecule has 2 heterocycles. The van der Waals surface area contributed by atoms with E-state index in [1.54, 1.807) is 37.7 Å². The lowest BCUT2D eigenvalue weighted by Crippen LogP contribution is -2.33. The monoisotopic (exact) mass is 590 g/mol. The molecule has 0 fully saturated rings. The third-order valence-corrected chi connectivity index (χ3v) is 9.06. The number of benzene rings is 2. The van der Waals surface area contributed by atoms with E-state index in [1.165, 1.54) is 47.6 Å². The predicted octanol–water partition coefficient (Wildman–Crippen LogP) is 4.37. The van der Waals surface area contributed by atoms with Crippen LogP contribution in [0.25, 0.3) is 10.2 Å². The Bertz CT molecular complexity index is 1650. The third-order valence-electron chi connectivity index (χ3n) is 6.11. The molecule has 0 N–H and O–H groups in total. The summed E-state index contributed by atoms with van der Waals surface area (Å²) in [5.41, 5.74) is 1.66. The molecular formula is C28H26N6O5S2. The molecule has 4 rings (SSSR count). The van der Waals surface area contributed by atoms with Gasteiger partial charge in [-0.15, -0.1) is 0 Å². The molecule has 2 aromatic carbocycles. The smallest absolute Gasteiger partial charge is 0.260 e. The maximum atomic E-state index is 13.8. The number of methoxy groups -OCH3 is 2. The Kier molecular flexibility index (Phi) is 9.47. The minimum atomic E-state index is -3.98. The van der Waals surface area contributed by atoms with Crippen molar-refractivity contribution in [2.24, 2.45) is 0 Å². The van der Waals surface area contributed by atoms with Crippen LogP contribution in [0, 0.1) is 22.7 Å². The average molecular weight is 591 g/mol. The van der Waals surface area contributed by atoms with Gasteiger partial charge in [0.1, 0.15) is 0 Å². The second-order valence-corrected chi connectivity index (χ2v) is 11.6. The lowest BCUT2D eigenvalue weighted by Gasteiger charge is -2.21. The Labute approximate surface area is 241 Å². The van der Waals surface area contributed by atoms with Gasteiger partial charge in [0.15, 0.2) is 16.6 Å². The first-order chi connectivity index (χ1) is 19.8. The molecule has 0 bridgehead atoms. The number of fused-ring (bicyclic) bond motifs is 1. The van der Waals surface area contributed by atoms with E-state index in [0.29, 0.717) is 22.1 Å². The molecule has 1 amide bonds. The number of thiazole rings is 1. The fraction of sp³-hybridized carbons (Fsp3) is 0.250.